The van der Waals surface area contributed by atoms with Crippen molar-refractivity contribution in [1.82, 2.24) is 15.0 Å². The molecule has 2 amide bonds. The average Bonchev–Trinajstić information content (AvgIpc) is 3.61. The van der Waals surface area contributed by atoms with Gasteiger partial charge in [0.05, 0.1) is 17.2 Å². The van der Waals surface area contributed by atoms with Crippen molar-refractivity contribution in [3.63, 3.8) is 0 Å². The van der Waals surface area contributed by atoms with Crippen LogP contribution in [0.4, 0.5) is 11.5 Å². The molecule has 0 radical (unpaired) electrons. The van der Waals surface area contributed by atoms with E-state index in [2.05, 4.69) is 20.6 Å². The number of rotatable bonds is 5. The molecule has 3 atom stereocenters. The number of nitrogens with zero attached hydrogens (tertiary/aromatic N) is 2. The lowest BCUT2D eigenvalue weighted by atomic mass is 9.88. The Balaban J connectivity index is 1.13. The number of hydrogen-bond acceptors (Lipinski definition) is 4. The van der Waals surface area contributed by atoms with Crippen molar-refractivity contribution in [3.05, 3.63) is 36.5 Å². The van der Waals surface area contributed by atoms with E-state index in [1.165, 1.54) is 25.7 Å². The lowest BCUT2D eigenvalue weighted by Gasteiger charge is -2.20. The zero-order valence-corrected chi connectivity index (χ0v) is 19.3. The monoisotopic (exact) mass is 457 g/mol. The third kappa shape index (κ3) is 4.19. The van der Waals surface area contributed by atoms with Crippen LogP contribution in [0, 0.1) is 23.7 Å². The normalized spacial score (nSPS) is 24.4. The highest BCUT2D eigenvalue weighted by Gasteiger charge is 2.43. The topological polar surface area (TPSA) is 99.8 Å². The first kappa shape index (κ1) is 21.3. The smallest absolute Gasteiger partial charge is 0.228 e. The molecule has 2 heterocycles. The van der Waals surface area contributed by atoms with Crippen LogP contribution in [-0.2, 0) is 9.59 Å². The molecule has 6 rings (SSSR count). The van der Waals surface area contributed by atoms with Crippen molar-refractivity contribution in [3.8, 4) is 11.4 Å². The van der Waals surface area contributed by atoms with Crippen molar-refractivity contribution < 1.29 is 9.59 Å². The van der Waals surface area contributed by atoms with E-state index in [0.29, 0.717) is 11.7 Å². The van der Waals surface area contributed by atoms with Crippen LogP contribution in [0.3, 0.4) is 0 Å². The summed E-state index contributed by atoms with van der Waals surface area (Å²) in [5.41, 5.74) is 3.33. The molecule has 7 nitrogen and oxygen atoms in total. The molecule has 3 aliphatic carbocycles. The van der Waals surface area contributed by atoms with Crippen LogP contribution in [0.5, 0.6) is 0 Å². The van der Waals surface area contributed by atoms with E-state index in [1.54, 1.807) is 6.20 Å². The van der Waals surface area contributed by atoms with Crippen molar-refractivity contribution in [2.45, 2.75) is 57.8 Å². The number of aromatic amines is 1. The number of H-pyrrole nitrogens is 1. The van der Waals surface area contributed by atoms with E-state index in [4.69, 9.17) is 4.98 Å². The van der Waals surface area contributed by atoms with E-state index in [9.17, 15) is 9.59 Å². The van der Waals surface area contributed by atoms with Crippen LogP contribution in [0.15, 0.2) is 36.5 Å². The number of anilines is 2. The Morgan fingerprint density at radius 2 is 1.74 bits per heavy atom. The number of fused-ring (bicyclic) bond motifs is 3. The first-order chi connectivity index (χ1) is 16.6. The molecule has 3 aromatic rings. The number of imidazole rings is 1. The molecule has 176 valence electrons. The molecule has 0 saturated heterocycles. The summed E-state index contributed by atoms with van der Waals surface area (Å²) in [6, 6.07) is 9.59. The molecule has 3 unspecified atom stereocenters. The molecule has 3 saturated carbocycles. The number of amides is 2. The van der Waals surface area contributed by atoms with Crippen molar-refractivity contribution in [2.75, 3.05) is 10.6 Å². The van der Waals surface area contributed by atoms with Gasteiger partial charge in [-0.2, -0.15) is 0 Å². The minimum absolute atomic E-state index is 0.0978. The Morgan fingerprint density at radius 1 is 0.912 bits per heavy atom. The summed E-state index contributed by atoms with van der Waals surface area (Å²) < 4.78 is 0. The first-order valence-corrected chi connectivity index (χ1v) is 12.7. The molecule has 7 heteroatoms. The number of pyridine rings is 1. The van der Waals surface area contributed by atoms with Crippen LogP contribution in [0.25, 0.3) is 22.4 Å². The zero-order chi connectivity index (χ0) is 23.1. The lowest BCUT2D eigenvalue weighted by molar-refractivity contribution is -0.121. The van der Waals surface area contributed by atoms with E-state index in [1.807, 2.05) is 30.3 Å². The summed E-state index contributed by atoms with van der Waals surface area (Å²) in [6.45, 7) is 0. The maximum Gasteiger partial charge on any atom is 0.228 e. The van der Waals surface area contributed by atoms with Crippen molar-refractivity contribution in [2.24, 2.45) is 23.7 Å². The fourth-order valence-electron chi connectivity index (χ4n) is 6.22. The second-order valence-electron chi connectivity index (χ2n) is 10.3. The van der Waals surface area contributed by atoms with Gasteiger partial charge in [-0.15, -0.1) is 0 Å². The predicted octanol–water partition coefficient (Wildman–Crippen LogP) is 5.52. The molecule has 1 aromatic carbocycles. The largest absolute Gasteiger partial charge is 0.337 e. The third-order valence-corrected chi connectivity index (χ3v) is 8.10. The summed E-state index contributed by atoms with van der Waals surface area (Å²) >= 11 is 0. The summed E-state index contributed by atoms with van der Waals surface area (Å²) in [7, 11) is 0. The Bertz CT molecular complexity index is 1210. The summed E-state index contributed by atoms with van der Waals surface area (Å²) in [6.07, 6.45) is 11.9. The molecule has 34 heavy (non-hydrogen) atoms. The number of nitrogens with one attached hydrogen (secondary N) is 3. The molecular formula is C27H31N5O2. The van der Waals surface area contributed by atoms with Crippen LogP contribution < -0.4 is 10.6 Å². The number of aromatic nitrogens is 3. The highest BCUT2D eigenvalue weighted by atomic mass is 16.2. The fraction of sp³-hybridized carbons (Fsp3) is 0.481. The molecule has 3 N–H and O–H groups in total. The Morgan fingerprint density at radius 3 is 2.47 bits per heavy atom. The standard InChI is InChI=1S/C27H31N5O2/c33-26(18-4-2-1-3-5-18)29-20-10-8-17(9-11-20)25-30-22-14-24(28-15-23(22)31-25)32-27(34)21-13-16-6-7-19(21)12-16/h8-11,14-16,18-19,21H,1-7,12-13H2,(H,29,33)(H,30,31)(H,28,32,34). The van der Waals surface area contributed by atoms with Gasteiger partial charge in [0.1, 0.15) is 11.6 Å². The van der Waals surface area contributed by atoms with Gasteiger partial charge in [0, 0.05) is 29.2 Å². The molecule has 3 fully saturated rings. The number of hydrogen-bond donors (Lipinski definition) is 3. The van der Waals surface area contributed by atoms with Gasteiger partial charge in [-0.1, -0.05) is 25.7 Å². The van der Waals surface area contributed by atoms with Crippen LogP contribution in [0.1, 0.15) is 57.8 Å². The average molecular weight is 458 g/mol. The highest BCUT2D eigenvalue weighted by Crippen LogP contribution is 2.48. The maximum atomic E-state index is 12.8. The summed E-state index contributed by atoms with van der Waals surface area (Å²) in [5, 5.41) is 6.07. The predicted molar refractivity (Wildman–Crippen MR) is 132 cm³/mol. The van der Waals surface area contributed by atoms with E-state index < -0.39 is 0 Å². The van der Waals surface area contributed by atoms with Gasteiger partial charge in [-0.25, -0.2) is 9.97 Å². The van der Waals surface area contributed by atoms with E-state index in [-0.39, 0.29) is 23.7 Å². The molecule has 3 aliphatic rings. The zero-order valence-electron chi connectivity index (χ0n) is 19.3. The minimum Gasteiger partial charge on any atom is -0.337 e. The van der Waals surface area contributed by atoms with Gasteiger partial charge in [0.15, 0.2) is 0 Å². The van der Waals surface area contributed by atoms with Gasteiger partial charge in [-0.05, 0) is 68.2 Å². The van der Waals surface area contributed by atoms with E-state index in [0.717, 1.165) is 66.1 Å². The van der Waals surface area contributed by atoms with E-state index >= 15 is 0 Å². The second-order valence-corrected chi connectivity index (χ2v) is 10.3. The fourth-order valence-corrected chi connectivity index (χ4v) is 6.22. The third-order valence-electron chi connectivity index (χ3n) is 8.10. The van der Waals surface area contributed by atoms with Crippen LogP contribution in [-0.4, -0.2) is 26.8 Å². The van der Waals surface area contributed by atoms with Crippen molar-refractivity contribution in [1.29, 1.82) is 0 Å². The maximum absolute atomic E-state index is 12.8. The number of benzene rings is 1. The summed E-state index contributed by atoms with van der Waals surface area (Å²) in [5.74, 6) is 3.05. The molecule has 0 spiro atoms. The molecule has 2 aromatic heterocycles. The number of carbonyl (C=O) groups excluding carboxylic acids is 2. The van der Waals surface area contributed by atoms with Gasteiger partial charge < -0.3 is 15.6 Å². The van der Waals surface area contributed by atoms with Gasteiger partial charge in [0.2, 0.25) is 11.8 Å². The summed E-state index contributed by atoms with van der Waals surface area (Å²) in [4.78, 5) is 37.7. The quantitative estimate of drug-likeness (QED) is 0.470. The Hall–Kier alpha value is -3.22. The Kier molecular flexibility index (Phi) is 5.55. The van der Waals surface area contributed by atoms with Gasteiger partial charge >= 0.3 is 0 Å². The van der Waals surface area contributed by atoms with Crippen LogP contribution in [0.2, 0.25) is 0 Å². The first-order valence-electron chi connectivity index (χ1n) is 12.7. The SMILES string of the molecule is O=C(Nc1ccc(-c2nc3cc(NC(=O)C4CC5CCC4C5)ncc3[nH]2)cc1)C1CCCCC1. The molecule has 0 aliphatic heterocycles. The van der Waals surface area contributed by atoms with Gasteiger partial charge in [-0.3, -0.25) is 9.59 Å². The minimum atomic E-state index is 0.0978. The number of carbonyl (C=O) groups is 2. The highest BCUT2D eigenvalue weighted by molar-refractivity contribution is 5.94. The Labute approximate surface area is 199 Å². The van der Waals surface area contributed by atoms with Crippen molar-refractivity contribution >= 4 is 34.4 Å². The van der Waals surface area contributed by atoms with Crippen LogP contribution >= 0.6 is 0 Å². The molecule has 2 bridgehead atoms. The molecular weight excluding hydrogens is 426 g/mol. The second kappa shape index (κ2) is 8.85. The van der Waals surface area contributed by atoms with Gasteiger partial charge in [0.25, 0.3) is 0 Å². The lowest BCUT2D eigenvalue weighted by Crippen LogP contribution is -2.27.